The summed E-state index contributed by atoms with van der Waals surface area (Å²) in [7, 11) is 0. The molecule has 0 N–H and O–H groups in total. The fraction of sp³-hybridized carbons (Fsp3) is 0.600. The van der Waals surface area contributed by atoms with Crippen LogP contribution in [0.4, 0.5) is 0 Å². The predicted octanol–water partition coefficient (Wildman–Crippen LogP) is 5.14. The molecule has 0 aliphatic rings. The normalized spacial score (nSPS) is 14.8. The number of halogens is 1. The molecule has 0 aliphatic carbocycles. The molecule has 1 aromatic rings. The van der Waals surface area contributed by atoms with Crippen molar-refractivity contribution in [2.75, 3.05) is 5.88 Å². The smallest absolute Gasteiger partial charge is 0.0292 e. The minimum atomic E-state index is 0.517. The van der Waals surface area contributed by atoms with Crippen LogP contribution in [0.25, 0.3) is 0 Å². The summed E-state index contributed by atoms with van der Waals surface area (Å²) in [4.78, 5) is 0. The van der Waals surface area contributed by atoms with Crippen molar-refractivity contribution < 1.29 is 0 Å². The third kappa shape index (κ3) is 4.17. The second-order valence-corrected chi connectivity index (χ2v) is 5.20. The van der Waals surface area contributed by atoms with Gasteiger partial charge in [0.1, 0.15) is 0 Å². The standard InChI is InChI=1S/C15H23Cl/c1-4-5-13(3)10-15(11-16)14-8-6-12(2)7-9-14/h6-9,13,15H,4-5,10-11H2,1-3H3. The Kier molecular flexibility index (Phi) is 5.90. The SMILES string of the molecule is CCCC(C)CC(CCl)c1ccc(C)cc1. The molecular formula is C15H23Cl. The molecule has 0 nitrogen and oxygen atoms in total. The fourth-order valence-corrected chi connectivity index (χ4v) is 2.53. The van der Waals surface area contributed by atoms with E-state index in [1.807, 2.05) is 0 Å². The molecule has 0 radical (unpaired) electrons. The zero-order chi connectivity index (χ0) is 12.0. The number of hydrogen-bond donors (Lipinski definition) is 0. The maximum absolute atomic E-state index is 6.09. The van der Waals surface area contributed by atoms with E-state index in [0.29, 0.717) is 5.92 Å². The highest BCUT2D eigenvalue weighted by atomic mass is 35.5. The Balaban J connectivity index is 2.63. The van der Waals surface area contributed by atoms with Gasteiger partial charge < -0.3 is 0 Å². The molecule has 0 amide bonds. The van der Waals surface area contributed by atoms with E-state index in [1.165, 1.54) is 30.4 Å². The number of aryl methyl sites for hydroxylation is 1. The van der Waals surface area contributed by atoms with Crippen LogP contribution in [0.3, 0.4) is 0 Å². The van der Waals surface area contributed by atoms with Crippen LogP contribution in [-0.4, -0.2) is 5.88 Å². The molecule has 16 heavy (non-hydrogen) atoms. The number of hydrogen-bond acceptors (Lipinski definition) is 0. The Hall–Kier alpha value is -0.490. The number of rotatable bonds is 6. The van der Waals surface area contributed by atoms with Gasteiger partial charge in [-0.3, -0.25) is 0 Å². The summed E-state index contributed by atoms with van der Waals surface area (Å²) < 4.78 is 0. The summed E-state index contributed by atoms with van der Waals surface area (Å²) in [6, 6.07) is 8.81. The van der Waals surface area contributed by atoms with Crippen molar-refractivity contribution in [3.63, 3.8) is 0 Å². The molecule has 2 atom stereocenters. The Labute approximate surface area is 105 Å². The first kappa shape index (κ1) is 13.6. The molecule has 0 spiro atoms. The van der Waals surface area contributed by atoms with Crippen LogP contribution in [0.5, 0.6) is 0 Å². The molecule has 0 saturated heterocycles. The molecule has 1 rings (SSSR count). The van der Waals surface area contributed by atoms with Gasteiger partial charge in [0.25, 0.3) is 0 Å². The highest BCUT2D eigenvalue weighted by Gasteiger charge is 2.13. The van der Waals surface area contributed by atoms with Gasteiger partial charge in [0.2, 0.25) is 0 Å². The minimum absolute atomic E-state index is 0.517. The van der Waals surface area contributed by atoms with E-state index < -0.39 is 0 Å². The summed E-state index contributed by atoms with van der Waals surface area (Å²) in [6.07, 6.45) is 3.78. The van der Waals surface area contributed by atoms with Gasteiger partial charge in [-0.05, 0) is 30.7 Å². The van der Waals surface area contributed by atoms with Crippen molar-refractivity contribution in [2.45, 2.75) is 46.0 Å². The van der Waals surface area contributed by atoms with E-state index >= 15 is 0 Å². The van der Waals surface area contributed by atoms with Crippen molar-refractivity contribution in [3.05, 3.63) is 35.4 Å². The van der Waals surface area contributed by atoms with E-state index in [2.05, 4.69) is 45.0 Å². The maximum Gasteiger partial charge on any atom is 0.0292 e. The third-order valence-corrected chi connectivity index (χ3v) is 3.58. The Morgan fingerprint density at radius 3 is 2.31 bits per heavy atom. The largest absolute Gasteiger partial charge is 0.126 e. The van der Waals surface area contributed by atoms with Gasteiger partial charge in [0.05, 0.1) is 0 Å². The summed E-state index contributed by atoms with van der Waals surface area (Å²) in [6.45, 7) is 6.70. The molecule has 1 heteroatoms. The summed E-state index contributed by atoms with van der Waals surface area (Å²) >= 11 is 6.09. The molecule has 90 valence electrons. The van der Waals surface area contributed by atoms with E-state index in [9.17, 15) is 0 Å². The monoisotopic (exact) mass is 238 g/mol. The van der Waals surface area contributed by atoms with E-state index in [-0.39, 0.29) is 0 Å². The molecule has 0 fully saturated rings. The van der Waals surface area contributed by atoms with Gasteiger partial charge in [-0.15, -0.1) is 11.6 Å². The molecule has 0 aliphatic heterocycles. The van der Waals surface area contributed by atoms with Crippen LogP contribution in [-0.2, 0) is 0 Å². The Bertz CT molecular complexity index is 289. The third-order valence-electron chi connectivity index (χ3n) is 3.20. The predicted molar refractivity (Wildman–Crippen MR) is 73.3 cm³/mol. The quantitative estimate of drug-likeness (QED) is 0.602. The lowest BCUT2D eigenvalue weighted by molar-refractivity contribution is 0.450. The second kappa shape index (κ2) is 6.96. The zero-order valence-electron chi connectivity index (χ0n) is 10.7. The van der Waals surface area contributed by atoms with Crippen molar-refractivity contribution >= 4 is 11.6 Å². The average molecular weight is 239 g/mol. The van der Waals surface area contributed by atoms with Crippen LogP contribution in [0.2, 0.25) is 0 Å². The van der Waals surface area contributed by atoms with Crippen LogP contribution in [0.1, 0.15) is 50.2 Å². The molecule has 0 heterocycles. The summed E-state index contributed by atoms with van der Waals surface area (Å²) in [5.41, 5.74) is 2.71. The van der Waals surface area contributed by atoms with Gasteiger partial charge >= 0.3 is 0 Å². The molecule has 0 aromatic heterocycles. The summed E-state index contributed by atoms with van der Waals surface area (Å²) in [5, 5.41) is 0. The van der Waals surface area contributed by atoms with Gasteiger partial charge in [-0.25, -0.2) is 0 Å². The molecule has 0 bridgehead atoms. The average Bonchev–Trinajstić information content (AvgIpc) is 2.27. The minimum Gasteiger partial charge on any atom is -0.126 e. The lowest BCUT2D eigenvalue weighted by atomic mass is 9.88. The second-order valence-electron chi connectivity index (χ2n) is 4.89. The van der Waals surface area contributed by atoms with Crippen LogP contribution in [0, 0.1) is 12.8 Å². The number of alkyl halides is 1. The van der Waals surface area contributed by atoms with Gasteiger partial charge in [-0.1, -0.05) is 56.5 Å². The highest BCUT2D eigenvalue weighted by molar-refractivity contribution is 6.18. The van der Waals surface area contributed by atoms with Crippen LogP contribution < -0.4 is 0 Å². The van der Waals surface area contributed by atoms with E-state index in [0.717, 1.165) is 11.8 Å². The number of benzene rings is 1. The molecule has 0 saturated carbocycles. The Morgan fingerprint density at radius 1 is 1.19 bits per heavy atom. The van der Waals surface area contributed by atoms with Crippen molar-refractivity contribution in [1.82, 2.24) is 0 Å². The van der Waals surface area contributed by atoms with Crippen molar-refractivity contribution in [2.24, 2.45) is 5.92 Å². The lowest BCUT2D eigenvalue weighted by Crippen LogP contribution is -2.06. The lowest BCUT2D eigenvalue weighted by Gasteiger charge is -2.19. The van der Waals surface area contributed by atoms with E-state index in [4.69, 9.17) is 11.6 Å². The van der Waals surface area contributed by atoms with Crippen LogP contribution in [0.15, 0.2) is 24.3 Å². The van der Waals surface area contributed by atoms with Gasteiger partial charge in [0.15, 0.2) is 0 Å². The Morgan fingerprint density at radius 2 is 1.81 bits per heavy atom. The molecule has 2 unspecified atom stereocenters. The van der Waals surface area contributed by atoms with E-state index in [1.54, 1.807) is 0 Å². The summed E-state index contributed by atoms with van der Waals surface area (Å²) in [5.74, 6) is 2.02. The van der Waals surface area contributed by atoms with Crippen molar-refractivity contribution in [3.8, 4) is 0 Å². The van der Waals surface area contributed by atoms with Gasteiger partial charge in [-0.2, -0.15) is 0 Å². The highest BCUT2D eigenvalue weighted by Crippen LogP contribution is 2.27. The first-order valence-electron chi connectivity index (χ1n) is 6.29. The zero-order valence-corrected chi connectivity index (χ0v) is 11.4. The van der Waals surface area contributed by atoms with Crippen molar-refractivity contribution in [1.29, 1.82) is 0 Å². The molecular weight excluding hydrogens is 216 g/mol. The first-order valence-corrected chi connectivity index (χ1v) is 6.83. The van der Waals surface area contributed by atoms with Gasteiger partial charge in [0, 0.05) is 5.88 Å². The maximum atomic E-state index is 6.09. The first-order chi connectivity index (χ1) is 7.67. The van der Waals surface area contributed by atoms with Crippen LogP contribution >= 0.6 is 11.6 Å². The molecule has 1 aromatic carbocycles. The fourth-order valence-electron chi connectivity index (χ4n) is 2.22. The topological polar surface area (TPSA) is 0 Å².